The Morgan fingerprint density at radius 3 is 2.44 bits per heavy atom. The molecule has 0 aliphatic carbocycles. The number of hydrogen-bond acceptors (Lipinski definition) is 5. The quantitative estimate of drug-likeness (QED) is 0.142. The zero-order valence-corrected chi connectivity index (χ0v) is 29.1. The lowest BCUT2D eigenvalue weighted by Crippen LogP contribution is -2.33. The SMILES string of the molecule is C[C@@H](c1ccc(Cl)cc1)n1cnc(-c2ccccc2)c1-c1c(C(=O)Nc2cccnc2OCC(C)(C)CN(C)C)[nH]c2cc(Cl)ccc12. The summed E-state index contributed by atoms with van der Waals surface area (Å²) in [6.45, 7) is 7.62. The van der Waals surface area contributed by atoms with Gasteiger partial charge in [0.2, 0.25) is 5.88 Å². The fourth-order valence-electron chi connectivity index (χ4n) is 6.15. The summed E-state index contributed by atoms with van der Waals surface area (Å²) in [6, 6.07) is 26.8. The molecule has 2 N–H and O–H groups in total. The van der Waals surface area contributed by atoms with Gasteiger partial charge in [0.15, 0.2) is 0 Å². The molecule has 0 saturated carbocycles. The third kappa shape index (κ3) is 7.11. The summed E-state index contributed by atoms with van der Waals surface area (Å²) < 4.78 is 8.30. The van der Waals surface area contributed by atoms with Crippen molar-refractivity contribution in [3.8, 4) is 28.4 Å². The van der Waals surface area contributed by atoms with E-state index in [1.807, 2.05) is 93.2 Å². The monoisotopic (exact) mass is 680 g/mol. The van der Waals surface area contributed by atoms with E-state index in [1.54, 1.807) is 18.3 Å². The molecule has 0 fully saturated rings. The minimum absolute atomic E-state index is 0.140. The molecule has 0 aliphatic heterocycles. The van der Waals surface area contributed by atoms with Crippen molar-refractivity contribution in [3.05, 3.63) is 119 Å². The number of aromatic nitrogens is 4. The van der Waals surface area contributed by atoms with E-state index in [9.17, 15) is 4.79 Å². The Morgan fingerprint density at radius 1 is 0.979 bits per heavy atom. The van der Waals surface area contributed by atoms with Gasteiger partial charge in [0.1, 0.15) is 11.4 Å². The van der Waals surface area contributed by atoms with Crippen LogP contribution in [0.25, 0.3) is 33.4 Å². The number of halogens is 2. The van der Waals surface area contributed by atoms with E-state index >= 15 is 0 Å². The number of nitrogens with zero attached hydrogens (tertiary/aromatic N) is 4. The Bertz CT molecular complexity index is 2050. The zero-order chi connectivity index (χ0) is 34.0. The lowest BCUT2D eigenvalue weighted by Gasteiger charge is -2.28. The summed E-state index contributed by atoms with van der Waals surface area (Å²) in [4.78, 5) is 29.3. The number of nitrogens with one attached hydrogen (secondary N) is 2. The molecule has 0 spiro atoms. The molecular weight excluding hydrogens is 643 g/mol. The second-order valence-electron chi connectivity index (χ2n) is 13.0. The highest BCUT2D eigenvalue weighted by molar-refractivity contribution is 6.31. The van der Waals surface area contributed by atoms with Crippen molar-refractivity contribution in [3.63, 3.8) is 0 Å². The predicted octanol–water partition coefficient (Wildman–Crippen LogP) is 9.23. The van der Waals surface area contributed by atoms with Gasteiger partial charge in [0.25, 0.3) is 5.91 Å². The lowest BCUT2D eigenvalue weighted by molar-refractivity contribution is 0.102. The normalized spacial score (nSPS) is 12.4. The van der Waals surface area contributed by atoms with Crippen LogP contribution in [0.5, 0.6) is 5.88 Å². The largest absolute Gasteiger partial charge is 0.476 e. The first kappa shape index (κ1) is 33.3. The van der Waals surface area contributed by atoms with E-state index in [2.05, 4.69) is 45.5 Å². The Labute approximate surface area is 290 Å². The van der Waals surface area contributed by atoms with E-state index < -0.39 is 0 Å². The lowest BCUT2D eigenvalue weighted by atomic mass is 9.94. The van der Waals surface area contributed by atoms with E-state index in [0.29, 0.717) is 39.5 Å². The predicted molar refractivity (Wildman–Crippen MR) is 195 cm³/mol. The standard InChI is InChI=1S/C38H38Cl2N6O2/c1-24(25-13-15-27(39)16-14-25)46-23-42-33(26-10-7-6-8-11-26)35(46)32-29-18-17-28(40)20-31(29)43-34(32)36(47)44-30-12-9-19-41-37(30)48-22-38(2,3)21-45(4)5/h6-20,23-24,43H,21-22H2,1-5H3,(H,44,47)/t24-/m0/s1. The average Bonchev–Trinajstić information content (AvgIpc) is 3.65. The molecule has 0 bridgehead atoms. The van der Waals surface area contributed by atoms with Gasteiger partial charge in [-0.3, -0.25) is 4.79 Å². The van der Waals surface area contributed by atoms with Gasteiger partial charge in [0, 0.05) is 50.2 Å². The van der Waals surface area contributed by atoms with Gasteiger partial charge in [-0.25, -0.2) is 9.97 Å². The maximum Gasteiger partial charge on any atom is 0.272 e. The molecule has 3 heterocycles. The van der Waals surface area contributed by atoms with Gasteiger partial charge in [-0.05, 0) is 63.0 Å². The average molecular weight is 682 g/mol. The Morgan fingerprint density at radius 2 is 1.71 bits per heavy atom. The highest BCUT2D eigenvalue weighted by atomic mass is 35.5. The third-order valence-corrected chi connectivity index (χ3v) is 8.69. The number of benzene rings is 3. The molecule has 0 saturated heterocycles. The molecule has 0 unspecified atom stereocenters. The van der Waals surface area contributed by atoms with Crippen molar-refractivity contribution in [1.82, 2.24) is 24.4 Å². The molecule has 6 aromatic rings. The van der Waals surface area contributed by atoms with Crippen LogP contribution in [0.2, 0.25) is 10.0 Å². The number of H-pyrrole nitrogens is 1. The first-order valence-electron chi connectivity index (χ1n) is 15.7. The van der Waals surface area contributed by atoms with E-state index in [4.69, 9.17) is 32.9 Å². The fraction of sp³-hybridized carbons (Fsp3) is 0.237. The number of rotatable bonds is 11. The van der Waals surface area contributed by atoms with Gasteiger partial charge < -0.3 is 24.5 Å². The second-order valence-corrected chi connectivity index (χ2v) is 13.9. The molecule has 3 aromatic heterocycles. The smallest absolute Gasteiger partial charge is 0.272 e. The summed E-state index contributed by atoms with van der Waals surface area (Å²) in [5.41, 5.74) is 5.61. The second kappa shape index (κ2) is 13.8. The molecule has 3 aromatic carbocycles. The number of aromatic amines is 1. The van der Waals surface area contributed by atoms with Crippen LogP contribution < -0.4 is 10.1 Å². The van der Waals surface area contributed by atoms with E-state index in [-0.39, 0.29) is 17.4 Å². The number of amides is 1. The number of carbonyl (C=O) groups is 1. The first-order chi connectivity index (χ1) is 23.0. The minimum atomic E-state index is -0.353. The summed E-state index contributed by atoms with van der Waals surface area (Å²) in [5.74, 6) is -0.00149. The third-order valence-electron chi connectivity index (χ3n) is 8.20. The van der Waals surface area contributed by atoms with Crippen molar-refractivity contribution >= 4 is 45.7 Å². The molecule has 246 valence electrons. The maximum atomic E-state index is 14.4. The number of anilines is 1. The number of pyridine rings is 1. The maximum absolute atomic E-state index is 14.4. The Hall–Kier alpha value is -4.63. The molecule has 0 radical (unpaired) electrons. The molecule has 0 aliphatic rings. The van der Waals surface area contributed by atoms with Gasteiger partial charge in [0.05, 0.1) is 30.4 Å². The summed E-state index contributed by atoms with van der Waals surface area (Å²) >= 11 is 12.7. The van der Waals surface area contributed by atoms with Crippen LogP contribution >= 0.6 is 23.2 Å². The molecule has 1 atom stereocenters. The van der Waals surface area contributed by atoms with Crippen molar-refractivity contribution in [2.75, 3.05) is 32.6 Å². The molecule has 8 nitrogen and oxygen atoms in total. The highest BCUT2D eigenvalue weighted by Crippen LogP contribution is 2.41. The van der Waals surface area contributed by atoms with Crippen LogP contribution in [0.4, 0.5) is 5.69 Å². The van der Waals surface area contributed by atoms with Gasteiger partial charge >= 0.3 is 0 Å². The summed E-state index contributed by atoms with van der Waals surface area (Å²) in [6.07, 6.45) is 3.49. The Kier molecular flexibility index (Phi) is 9.60. The first-order valence-corrected chi connectivity index (χ1v) is 16.5. The highest BCUT2D eigenvalue weighted by Gasteiger charge is 2.28. The number of imidazole rings is 1. The zero-order valence-electron chi connectivity index (χ0n) is 27.6. The Balaban J connectivity index is 1.47. The van der Waals surface area contributed by atoms with Crippen LogP contribution in [0.3, 0.4) is 0 Å². The van der Waals surface area contributed by atoms with Crippen molar-refractivity contribution in [2.24, 2.45) is 5.41 Å². The molecule has 48 heavy (non-hydrogen) atoms. The van der Waals surface area contributed by atoms with Crippen molar-refractivity contribution in [1.29, 1.82) is 0 Å². The number of hydrogen-bond donors (Lipinski definition) is 2. The summed E-state index contributed by atoms with van der Waals surface area (Å²) in [5, 5.41) is 5.13. The number of fused-ring (bicyclic) bond motifs is 1. The van der Waals surface area contributed by atoms with Crippen LogP contribution in [0.15, 0.2) is 97.5 Å². The van der Waals surface area contributed by atoms with Gasteiger partial charge in [-0.2, -0.15) is 0 Å². The number of ether oxygens (including phenoxy) is 1. The molecule has 10 heteroatoms. The minimum Gasteiger partial charge on any atom is -0.476 e. The fourth-order valence-corrected chi connectivity index (χ4v) is 6.45. The van der Waals surface area contributed by atoms with Crippen molar-refractivity contribution in [2.45, 2.75) is 26.8 Å². The van der Waals surface area contributed by atoms with Crippen LogP contribution in [0.1, 0.15) is 42.9 Å². The van der Waals surface area contributed by atoms with E-state index in [1.165, 1.54) is 0 Å². The van der Waals surface area contributed by atoms with Crippen LogP contribution in [0, 0.1) is 5.41 Å². The van der Waals surface area contributed by atoms with Gasteiger partial charge in [-0.15, -0.1) is 0 Å². The molecular formula is C38H38Cl2N6O2. The molecule has 1 amide bonds. The van der Waals surface area contributed by atoms with Crippen molar-refractivity contribution < 1.29 is 9.53 Å². The van der Waals surface area contributed by atoms with Crippen LogP contribution in [-0.4, -0.2) is 57.6 Å². The number of carbonyl (C=O) groups excluding carboxylic acids is 1. The van der Waals surface area contributed by atoms with E-state index in [0.717, 1.165) is 40.0 Å². The van der Waals surface area contributed by atoms with Crippen LogP contribution in [-0.2, 0) is 0 Å². The van der Waals surface area contributed by atoms with Gasteiger partial charge in [-0.1, -0.05) is 85.6 Å². The molecule has 6 rings (SSSR count). The topological polar surface area (TPSA) is 88.1 Å². The summed E-state index contributed by atoms with van der Waals surface area (Å²) in [7, 11) is 4.06.